The van der Waals surface area contributed by atoms with E-state index in [9.17, 15) is 0 Å². The van der Waals surface area contributed by atoms with Crippen molar-refractivity contribution in [3.05, 3.63) is 28.0 Å². The molecule has 0 radical (unpaired) electrons. The number of nitrogens with zero attached hydrogens (tertiary/aromatic N) is 1. The summed E-state index contributed by atoms with van der Waals surface area (Å²) in [5, 5.41) is 0. The fraction of sp³-hybridized carbons (Fsp3) is 0.500. The Morgan fingerprint density at radius 3 is 2.67 bits per heavy atom. The Kier molecular flexibility index (Phi) is 3.04. The van der Waals surface area contributed by atoms with Gasteiger partial charge in [-0.2, -0.15) is 0 Å². The summed E-state index contributed by atoms with van der Waals surface area (Å²) in [6.07, 6.45) is 2.34. The van der Waals surface area contributed by atoms with Crippen LogP contribution in [0.25, 0.3) is 0 Å². The van der Waals surface area contributed by atoms with Crippen LogP contribution in [0.5, 0.6) is 0 Å². The maximum Gasteiger partial charge on any atom is 0.105 e. The standard InChI is InChI=1S/C10H15NS/c1-4-5-9-6-7-10(12)11(3)8(9)2/h6-7H,4-5H2,1-3H3. The molecule has 1 aromatic rings. The lowest BCUT2D eigenvalue weighted by Crippen LogP contribution is -2.02. The van der Waals surface area contributed by atoms with Crippen LogP contribution < -0.4 is 0 Å². The van der Waals surface area contributed by atoms with Crippen LogP contribution in [0.1, 0.15) is 24.6 Å². The molecule has 0 aliphatic heterocycles. The van der Waals surface area contributed by atoms with Crippen molar-refractivity contribution in [1.29, 1.82) is 0 Å². The maximum atomic E-state index is 5.15. The van der Waals surface area contributed by atoms with Crippen LogP contribution in [0, 0.1) is 11.6 Å². The molecule has 66 valence electrons. The average Bonchev–Trinajstić information content (AvgIpc) is 2.07. The number of pyridine rings is 1. The Morgan fingerprint density at radius 1 is 1.42 bits per heavy atom. The van der Waals surface area contributed by atoms with Crippen LogP contribution >= 0.6 is 12.2 Å². The molecule has 0 atom stereocenters. The molecule has 0 saturated heterocycles. The largest absolute Gasteiger partial charge is 0.339 e. The molecule has 0 unspecified atom stereocenters. The first-order chi connectivity index (χ1) is 5.66. The predicted molar refractivity (Wildman–Crippen MR) is 55.0 cm³/mol. The topological polar surface area (TPSA) is 4.93 Å². The van der Waals surface area contributed by atoms with Crippen LogP contribution in [0.4, 0.5) is 0 Å². The van der Waals surface area contributed by atoms with Gasteiger partial charge in [0, 0.05) is 12.7 Å². The van der Waals surface area contributed by atoms with Gasteiger partial charge in [0.15, 0.2) is 0 Å². The summed E-state index contributed by atoms with van der Waals surface area (Å²) in [4.78, 5) is 0. The van der Waals surface area contributed by atoms with Gasteiger partial charge in [0.05, 0.1) is 0 Å². The summed E-state index contributed by atoms with van der Waals surface area (Å²) in [6.45, 7) is 4.32. The normalized spacial score (nSPS) is 10.2. The third-order valence-corrected chi connectivity index (χ3v) is 2.65. The summed E-state index contributed by atoms with van der Waals surface area (Å²) in [5.74, 6) is 0. The highest BCUT2D eigenvalue weighted by Gasteiger charge is 1.98. The minimum Gasteiger partial charge on any atom is -0.339 e. The van der Waals surface area contributed by atoms with Gasteiger partial charge in [-0.1, -0.05) is 31.6 Å². The SMILES string of the molecule is CCCc1ccc(=S)n(C)c1C. The Bertz CT molecular complexity index is 325. The summed E-state index contributed by atoms with van der Waals surface area (Å²) in [5.41, 5.74) is 2.71. The van der Waals surface area contributed by atoms with E-state index in [4.69, 9.17) is 12.2 Å². The lowest BCUT2D eigenvalue weighted by molar-refractivity contribution is 0.799. The van der Waals surface area contributed by atoms with Crippen molar-refractivity contribution in [3.63, 3.8) is 0 Å². The van der Waals surface area contributed by atoms with Gasteiger partial charge < -0.3 is 4.57 Å². The monoisotopic (exact) mass is 181 g/mol. The molecule has 0 aliphatic carbocycles. The van der Waals surface area contributed by atoms with Gasteiger partial charge in [-0.25, -0.2) is 0 Å². The summed E-state index contributed by atoms with van der Waals surface area (Å²) in [6, 6.07) is 4.15. The number of aromatic nitrogens is 1. The van der Waals surface area contributed by atoms with Crippen molar-refractivity contribution in [2.24, 2.45) is 7.05 Å². The van der Waals surface area contributed by atoms with Crippen LogP contribution in [-0.2, 0) is 13.5 Å². The van der Waals surface area contributed by atoms with Crippen molar-refractivity contribution in [2.45, 2.75) is 26.7 Å². The zero-order chi connectivity index (χ0) is 9.14. The van der Waals surface area contributed by atoms with E-state index in [1.165, 1.54) is 17.7 Å². The van der Waals surface area contributed by atoms with Crippen molar-refractivity contribution >= 4 is 12.2 Å². The van der Waals surface area contributed by atoms with E-state index in [0.717, 1.165) is 11.1 Å². The first-order valence-electron chi connectivity index (χ1n) is 4.32. The summed E-state index contributed by atoms with van der Waals surface area (Å²) >= 11 is 5.15. The second-order valence-electron chi connectivity index (χ2n) is 3.09. The minimum absolute atomic E-state index is 0.910. The van der Waals surface area contributed by atoms with Crippen molar-refractivity contribution < 1.29 is 0 Å². The first-order valence-corrected chi connectivity index (χ1v) is 4.73. The molecule has 0 N–H and O–H groups in total. The first kappa shape index (κ1) is 9.46. The molecular weight excluding hydrogens is 166 g/mol. The molecule has 1 nitrogen and oxygen atoms in total. The van der Waals surface area contributed by atoms with Crippen LogP contribution in [0.15, 0.2) is 12.1 Å². The molecule has 0 saturated carbocycles. The molecule has 12 heavy (non-hydrogen) atoms. The molecule has 0 spiro atoms. The second-order valence-corrected chi connectivity index (χ2v) is 3.51. The zero-order valence-electron chi connectivity index (χ0n) is 7.92. The van der Waals surface area contributed by atoms with Crippen LogP contribution in [-0.4, -0.2) is 4.57 Å². The van der Waals surface area contributed by atoms with E-state index in [2.05, 4.69) is 24.5 Å². The number of hydrogen-bond acceptors (Lipinski definition) is 1. The van der Waals surface area contributed by atoms with Gasteiger partial charge >= 0.3 is 0 Å². The number of aryl methyl sites for hydroxylation is 1. The molecule has 1 aromatic heterocycles. The summed E-state index contributed by atoms with van der Waals surface area (Å²) < 4.78 is 2.98. The Hall–Kier alpha value is -0.630. The second kappa shape index (κ2) is 3.85. The highest BCUT2D eigenvalue weighted by atomic mass is 32.1. The van der Waals surface area contributed by atoms with Gasteiger partial charge in [-0.15, -0.1) is 0 Å². The Labute approximate surface area is 79.0 Å². The highest BCUT2D eigenvalue weighted by molar-refractivity contribution is 7.71. The van der Waals surface area contributed by atoms with Crippen molar-refractivity contribution in [1.82, 2.24) is 4.57 Å². The number of hydrogen-bond donors (Lipinski definition) is 0. The highest BCUT2D eigenvalue weighted by Crippen LogP contribution is 2.09. The Balaban J connectivity index is 3.17. The van der Waals surface area contributed by atoms with Crippen LogP contribution in [0.2, 0.25) is 0 Å². The minimum atomic E-state index is 0.910. The van der Waals surface area contributed by atoms with Gasteiger partial charge in [-0.05, 0) is 25.0 Å². The molecule has 1 rings (SSSR count). The van der Waals surface area contributed by atoms with E-state index >= 15 is 0 Å². The maximum absolute atomic E-state index is 5.15. The molecular formula is C10H15NS. The third-order valence-electron chi connectivity index (χ3n) is 2.24. The Morgan fingerprint density at radius 2 is 2.08 bits per heavy atom. The van der Waals surface area contributed by atoms with Crippen molar-refractivity contribution in [3.8, 4) is 0 Å². The lowest BCUT2D eigenvalue weighted by atomic mass is 10.1. The quantitative estimate of drug-likeness (QED) is 0.635. The molecule has 0 bridgehead atoms. The third kappa shape index (κ3) is 1.75. The van der Waals surface area contributed by atoms with Gasteiger partial charge in [-0.3, -0.25) is 0 Å². The van der Waals surface area contributed by atoms with E-state index in [1.54, 1.807) is 0 Å². The van der Waals surface area contributed by atoms with E-state index < -0.39 is 0 Å². The van der Waals surface area contributed by atoms with E-state index in [1.807, 2.05) is 13.1 Å². The average molecular weight is 181 g/mol. The molecule has 0 fully saturated rings. The fourth-order valence-corrected chi connectivity index (χ4v) is 1.52. The van der Waals surface area contributed by atoms with Gasteiger partial charge in [0.1, 0.15) is 4.64 Å². The lowest BCUT2D eigenvalue weighted by Gasteiger charge is -2.09. The molecule has 0 aromatic carbocycles. The molecule has 0 amide bonds. The van der Waals surface area contributed by atoms with E-state index in [-0.39, 0.29) is 0 Å². The predicted octanol–water partition coefficient (Wildman–Crippen LogP) is 3.02. The zero-order valence-corrected chi connectivity index (χ0v) is 8.74. The van der Waals surface area contributed by atoms with Gasteiger partial charge in [0.2, 0.25) is 0 Å². The van der Waals surface area contributed by atoms with Gasteiger partial charge in [0.25, 0.3) is 0 Å². The van der Waals surface area contributed by atoms with Crippen molar-refractivity contribution in [2.75, 3.05) is 0 Å². The fourth-order valence-electron chi connectivity index (χ4n) is 1.32. The smallest absolute Gasteiger partial charge is 0.105 e. The number of rotatable bonds is 2. The molecule has 0 aliphatic rings. The van der Waals surface area contributed by atoms with Crippen LogP contribution in [0.3, 0.4) is 0 Å². The molecule has 2 heteroatoms. The van der Waals surface area contributed by atoms with E-state index in [0.29, 0.717) is 0 Å². The summed E-state index contributed by atoms with van der Waals surface area (Å²) in [7, 11) is 2.02. The molecule has 1 heterocycles.